The molecule has 0 unspecified atom stereocenters. The topological polar surface area (TPSA) is 3.24 Å². The van der Waals surface area contributed by atoms with Crippen molar-refractivity contribution in [1.29, 1.82) is 0 Å². The molecule has 1 saturated carbocycles. The second kappa shape index (κ2) is 5.16. The average Bonchev–Trinajstić information content (AvgIpc) is 2.48. The van der Waals surface area contributed by atoms with Crippen LogP contribution in [0.5, 0.6) is 0 Å². The summed E-state index contributed by atoms with van der Waals surface area (Å²) < 4.78 is 0. The van der Waals surface area contributed by atoms with Gasteiger partial charge < -0.3 is 4.90 Å². The van der Waals surface area contributed by atoms with E-state index in [0.717, 1.165) is 11.8 Å². The van der Waals surface area contributed by atoms with Crippen LogP contribution < -0.4 is 0 Å². The largest absolute Gasteiger partial charge is 0.306 e. The van der Waals surface area contributed by atoms with Crippen molar-refractivity contribution in [3.63, 3.8) is 0 Å². The van der Waals surface area contributed by atoms with Crippen molar-refractivity contribution in [1.82, 2.24) is 4.90 Å². The van der Waals surface area contributed by atoms with Gasteiger partial charge in [-0.25, -0.2) is 0 Å². The molecular formula is C14H25N. The third-order valence-electron chi connectivity index (χ3n) is 4.23. The van der Waals surface area contributed by atoms with Crippen LogP contribution in [0.4, 0.5) is 0 Å². The summed E-state index contributed by atoms with van der Waals surface area (Å²) in [5.74, 6) is 1.85. The third kappa shape index (κ3) is 3.07. The van der Waals surface area contributed by atoms with Gasteiger partial charge in [0, 0.05) is 6.54 Å². The molecule has 2 atom stereocenters. The van der Waals surface area contributed by atoms with E-state index in [-0.39, 0.29) is 0 Å². The first-order valence-electron chi connectivity index (χ1n) is 6.64. The smallest absolute Gasteiger partial charge is 0.00155 e. The van der Waals surface area contributed by atoms with Gasteiger partial charge >= 0.3 is 0 Å². The highest BCUT2D eigenvalue weighted by molar-refractivity contribution is 5.08. The van der Waals surface area contributed by atoms with Crippen LogP contribution in [0.25, 0.3) is 0 Å². The van der Waals surface area contributed by atoms with Crippen molar-refractivity contribution in [3.05, 3.63) is 11.6 Å². The van der Waals surface area contributed by atoms with Gasteiger partial charge in [0.1, 0.15) is 0 Å². The van der Waals surface area contributed by atoms with Gasteiger partial charge in [-0.1, -0.05) is 31.4 Å². The Bertz CT molecular complexity index is 231. The summed E-state index contributed by atoms with van der Waals surface area (Å²) in [6.45, 7) is 4.99. The zero-order valence-electron chi connectivity index (χ0n) is 10.3. The van der Waals surface area contributed by atoms with Crippen LogP contribution in [-0.4, -0.2) is 25.0 Å². The number of hydrogen-bond acceptors (Lipinski definition) is 1. The van der Waals surface area contributed by atoms with Gasteiger partial charge in [-0.3, -0.25) is 0 Å². The Balaban J connectivity index is 1.93. The first-order valence-corrected chi connectivity index (χ1v) is 6.64. The summed E-state index contributed by atoms with van der Waals surface area (Å²) >= 11 is 0. The standard InChI is InChI=1S/C14H25N/c1-12-5-3-7-14(12)11-13-6-4-9-15(2)10-8-13/h11-12,14H,3-10H2,1-2H3/b13-11-/t12-,14+/m1/s1. The molecule has 1 aliphatic heterocycles. The Morgan fingerprint density at radius 1 is 1.13 bits per heavy atom. The lowest BCUT2D eigenvalue weighted by Gasteiger charge is -2.13. The molecule has 2 rings (SSSR count). The van der Waals surface area contributed by atoms with Gasteiger partial charge in [0.2, 0.25) is 0 Å². The molecule has 2 aliphatic rings. The fourth-order valence-electron chi connectivity index (χ4n) is 3.04. The highest BCUT2D eigenvalue weighted by atomic mass is 15.1. The van der Waals surface area contributed by atoms with E-state index in [1.165, 1.54) is 51.6 Å². The molecule has 0 aromatic heterocycles. The van der Waals surface area contributed by atoms with E-state index in [2.05, 4.69) is 24.9 Å². The molecule has 2 fully saturated rings. The SMILES string of the molecule is C[C@@H]1CCC[C@H]1/C=C1/CCCN(C)CC1. The zero-order chi connectivity index (χ0) is 10.7. The van der Waals surface area contributed by atoms with Gasteiger partial charge in [0.05, 0.1) is 0 Å². The molecule has 1 heteroatoms. The number of allylic oxidation sites excluding steroid dienone is 1. The van der Waals surface area contributed by atoms with Crippen LogP contribution in [0.15, 0.2) is 11.6 Å². The van der Waals surface area contributed by atoms with Crippen LogP contribution in [0.1, 0.15) is 45.4 Å². The van der Waals surface area contributed by atoms with Crippen LogP contribution in [0, 0.1) is 11.8 Å². The Labute approximate surface area is 94.5 Å². The zero-order valence-corrected chi connectivity index (χ0v) is 10.3. The molecule has 86 valence electrons. The van der Waals surface area contributed by atoms with Gasteiger partial charge in [-0.2, -0.15) is 0 Å². The van der Waals surface area contributed by atoms with Gasteiger partial charge in [-0.15, -0.1) is 0 Å². The molecule has 0 aromatic rings. The highest BCUT2D eigenvalue weighted by Gasteiger charge is 2.22. The summed E-state index contributed by atoms with van der Waals surface area (Å²) in [7, 11) is 2.25. The van der Waals surface area contributed by atoms with Crippen LogP contribution >= 0.6 is 0 Å². The summed E-state index contributed by atoms with van der Waals surface area (Å²) in [5, 5.41) is 0. The lowest BCUT2D eigenvalue weighted by molar-refractivity contribution is 0.351. The fraction of sp³-hybridized carbons (Fsp3) is 0.857. The number of rotatable bonds is 1. The maximum atomic E-state index is 2.64. The van der Waals surface area contributed by atoms with E-state index in [1.807, 2.05) is 0 Å². The maximum absolute atomic E-state index is 2.64. The predicted molar refractivity (Wildman–Crippen MR) is 65.9 cm³/mol. The minimum Gasteiger partial charge on any atom is -0.306 e. The van der Waals surface area contributed by atoms with E-state index in [1.54, 1.807) is 5.57 Å². The Kier molecular flexibility index (Phi) is 3.85. The summed E-state index contributed by atoms with van der Waals surface area (Å²) in [5.41, 5.74) is 1.75. The van der Waals surface area contributed by atoms with Crippen molar-refractivity contribution in [2.45, 2.75) is 45.4 Å². The normalized spacial score (nSPS) is 37.1. The molecule has 0 N–H and O–H groups in total. The lowest BCUT2D eigenvalue weighted by atomic mass is 9.93. The predicted octanol–water partition coefficient (Wildman–Crippen LogP) is 3.46. The molecule has 1 saturated heterocycles. The van der Waals surface area contributed by atoms with Crippen molar-refractivity contribution in [2.75, 3.05) is 20.1 Å². The van der Waals surface area contributed by atoms with Crippen LogP contribution in [0.3, 0.4) is 0 Å². The van der Waals surface area contributed by atoms with Gasteiger partial charge in [0.25, 0.3) is 0 Å². The molecule has 1 nitrogen and oxygen atoms in total. The number of likely N-dealkylation sites (tertiary alicyclic amines) is 1. The quantitative estimate of drug-likeness (QED) is 0.595. The van der Waals surface area contributed by atoms with Crippen LogP contribution in [0.2, 0.25) is 0 Å². The Morgan fingerprint density at radius 2 is 2.00 bits per heavy atom. The van der Waals surface area contributed by atoms with Crippen molar-refractivity contribution in [3.8, 4) is 0 Å². The molecule has 1 heterocycles. The molecule has 15 heavy (non-hydrogen) atoms. The molecule has 0 spiro atoms. The van der Waals surface area contributed by atoms with E-state index >= 15 is 0 Å². The van der Waals surface area contributed by atoms with E-state index in [4.69, 9.17) is 0 Å². The third-order valence-corrected chi connectivity index (χ3v) is 4.23. The van der Waals surface area contributed by atoms with E-state index in [0.29, 0.717) is 0 Å². The summed E-state index contributed by atoms with van der Waals surface area (Å²) in [6.07, 6.45) is 11.0. The van der Waals surface area contributed by atoms with E-state index in [9.17, 15) is 0 Å². The highest BCUT2D eigenvalue weighted by Crippen LogP contribution is 2.34. The van der Waals surface area contributed by atoms with Gasteiger partial charge in [0.15, 0.2) is 0 Å². The van der Waals surface area contributed by atoms with Crippen molar-refractivity contribution in [2.24, 2.45) is 11.8 Å². The van der Waals surface area contributed by atoms with Crippen molar-refractivity contribution < 1.29 is 0 Å². The molecule has 0 radical (unpaired) electrons. The average molecular weight is 207 g/mol. The molecule has 0 bridgehead atoms. The summed E-state index contributed by atoms with van der Waals surface area (Å²) in [4.78, 5) is 2.47. The maximum Gasteiger partial charge on any atom is 0.00155 e. The minimum absolute atomic E-state index is 0.906. The number of nitrogens with zero attached hydrogens (tertiary/aromatic N) is 1. The van der Waals surface area contributed by atoms with Gasteiger partial charge in [-0.05, 0) is 51.1 Å². The van der Waals surface area contributed by atoms with Crippen LogP contribution in [-0.2, 0) is 0 Å². The first kappa shape index (κ1) is 11.2. The molecule has 0 aromatic carbocycles. The second-order valence-corrected chi connectivity index (χ2v) is 5.55. The Hall–Kier alpha value is -0.300. The Morgan fingerprint density at radius 3 is 2.73 bits per heavy atom. The monoisotopic (exact) mass is 207 g/mol. The lowest BCUT2D eigenvalue weighted by Crippen LogP contribution is -2.18. The summed E-state index contributed by atoms with van der Waals surface area (Å²) in [6, 6.07) is 0. The molecular weight excluding hydrogens is 182 g/mol. The van der Waals surface area contributed by atoms with Crippen molar-refractivity contribution >= 4 is 0 Å². The molecule has 0 amide bonds. The second-order valence-electron chi connectivity index (χ2n) is 5.55. The fourth-order valence-corrected chi connectivity index (χ4v) is 3.04. The first-order chi connectivity index (χ1) is 7.25. The molecule has 1 aliphatic carbocycles. The van der Waals surface area contributed by atoms with E-state index < -0.39 is 0 Å². The number of hydrogen-bond donors (Lipinski definition) is 0. The minimum atomic E-state index is 0.906.